The molecular formula is C42H31Cl4F2LiN4O5. The predicted octanol–water partition coefficient (Wildman–Crippen LogP) is 8.31. The number of esters is 1. The van der Waals surface area contributed by atoms with Crippen molar-refractivity contribution in [1.82, 2.24) is 19.6 Å². The summed E-state index contributed by atoms with van der Waals surface area (Å²) in [7, 11) is 0. The number of halogens is 6. The van der Waals surface area contributed by atoms with Crippen LogP contribution in [0.15, 0.2) is 84.9 Å². The van der Waals surface area contributed by atoms with E-state index in [1.54, 1.807) is 77.0 Å². The Hall–Kier alpha value is -4.70. The Morgan fingerprint density at radius 3 is 1.50 bits per heavy atom. The molecule has 0 radical (unpaired) electrons. The van der Waals surface area contributed by atoms with Crippen molar-refractivity contribution in [3.8, 4) is 11.4 Å². The summed E-state index contributed by atoms with van der Waals surface area (Å²) in [4.78, 5) is 24.1. The number of benzene rings is 4. The van der Waals surface area contributed by atoms with Gasteiger partial charge in [-0.3, -0.25) is 0 Å². The molecule has 2 aliphatic rings. The monoisotopic (exact) mass is 856 g/mol. The van der Waals surface area contributed by atoms with E-state index in [4.69, 9.17) is 51.1 Å². The third-order valence-electron chi connectivity index (χ3n) is 9.23. The van der Waals surface area contributed by atoms with Crippen molar-refractivity contribution in [3.05, 3.63) is 162 Å². The minimum atomic E-state index is -1.09. The topological polar surface area (TPSA) is 129 Å². The van der Waals surface area contributed by atoms with Crippen molar-refractivity contribution in [2.45, 2.75) is 32.6 Å². The number of carbonyl (C=O) groups is 2. The van der Waals surface area contributed by atoms with Gasteiger partial charge in [-0.25, -0.2) is 27.7 Å². The smallest absolute Gasteiger partial charge is 0.870 e. The largest absolute Gasteiger partial charge is 1.00 e. The molecule has 6 aromatic rings. The van der Waals surface area contributed by atoms with Gasteiger partial charge in [0.2, 0.25) is 0 Å². The second kappa shape index (κ2) is 18.9. The van der Waals surface area contributed by atoms with Crippen LogP contribution in [0.1, 0.15) is 74.4 Å². The van der Waals surface area contributed by atoms with Crippen LogP contribution in [0.3, 0.4) is 0 Å². The zero-order valence-corrected chi connectivity index (χ0v) is 34.0. The van der Waals surface area contributed by atoms with Crippen LogP contribution in [0.5, 0.6) is 0 Å². The van der Waals surface area contributed by atoms with Crippen LogP contribution in [0.4, 0.5) is 8.78 Å². The summed E-state index contributed by atoms with van der Waals surface area (Å²) in [6, 6.07) is 22.5. The van der Waals surface area contributed by atoms with Crippen LogP contribution >= 0.6 is 46.4 Å². The minimum Gasteiger partial charge on any atom is -0.870 e. The number of ether oxygens (including phenoxy) is 1. The van der Waals surface area contributed by atoms with Gasteiger partial charge in [0, 0.05) is 21.2 Å². The standard InChI is InChI=1S/C22H17Cl2FN2O2.C20H13Cl2FN2O2.Li.H2O/c1-2-29-22(28)20-17-9-5-14(11-13-3-7-16(25)8-4-13)21(17)27(26-20)19-10-6-15(23)12-18(19)24;21-13-4-8-17(16(22)10-13)25-19-12(9-11-1-5-14(23)6-2-11)3-7-15(19)18(24-25)20(26)27;;/h3-4,6-8,10-12H,2,5,9H2,1H3;1-2,4-6,8-10H,3,7H2,(H,26,27);;1H2/q;;+1;/p-1/b14-11+;12-9+;;. The van der Waals surface area contributed by atoms with Crippen molar-refractivity contribution in [2.24, 2.45) is 0 Å². The fraction of sp³-hybridized carbons (Fsp3) is 0.143. The van der Waals surface area contributed by atoms with Gasteiger partial charge in [0.25, 0.3) is 0 Å². The summed E-state index contributed by atoms with van der Waals surface area (Å²) in [5, 5.41) is 20.1. The van der Waals surface area contributed by atoms with Gasteiger partial charge >= 0.3 is 30.8 Å². The van der Waals surface area contributed by atoms with Gasteiger partial charge in [0.1, 0.15) is 11.6 Å². The fourth-order valence-corrected chi connectivity index (χ4v) is 7.76. The molecule has 0 unspecified atom stereocenters. The molecule has 2 aromatic heterocycles. The Balaban J connectivity index is 0.000000214. The van der Waals surface area contributed by atoms with Crippen LogP contribution in [-0.4, -0.2) is 48.7 Å². The number of fused-ring (bicyclic) bond motifs is 2. The average Bonchev–Trinajstić information content (AvgIpc) is 3.94. The molecule has 0 amide bonds. The van der Waals surface area contributed by atoms with E-state index in [0.717, 1.165) is 40.0 Å². The predicted molar refractivity (Wildman–Crippen MR) is 217 cm³/mol. The van der Waals surface area contributed by atoms with Gasteiger partial charge in [-0.1, -0.05) is 70.7 Å². The summed E-state index contributed by atoms with van der Waals surface area (Å²) in [6.07, 6.45) is 6.50. The summed E-state index contributed by atoms with van der Waals surface area (Å²) < 4.78 is 34.8. The molecule has 2 heterocycles. The number of hydrogen-bond donors (Lipinski definition) is 1. The number of carbonyl (C=O) groups excluding carboxylic acids is 1. The Kier molecular flexibility index (Phi) is 14.5. The molecule has 2 N–H and O–H groups in total. The first-order chi connectivity index (χ1) is 26.9. The Labute approximate surface area is 363 Å². The Bertz CT molecular complexity index is 2570. The molecular weight excluding hydrogens is 827 g/mol. The maximum Gasteiger partial charge on any atom is 1.00 e. The summed E-state index contributed by atoms with van der Waals surface area (Å²) in [5.74, 6) is -2.15. The molecule has 0 atom stereocenters. The second-order valence-corrected chi connectivity index (χ2v) is 14.5. The zero-order valence-electron chi connectivity index (χ0n) is 30.9. The van der Waals surface area contributed by atoms with Crippen LogP contribution < -0.4 is 18.9 Å². The molecule has 292 valence electrons. The first kappa shape index (κ1) is 44.4. The van der Waals surface area contributed by atoms with E-state index >= 15 is 0 Å². The molecule has 0 fully saturated rings. The molecule has 0 spiro atoms. The zero-order chi connectivity index (χ0) is 39.7. The quantitative estimate of drug-likeness (QED) is 0.126. The number of nitrogens with zero attached hydrogens (tertiary/aromatic N) is 4. The van der Waals surface area contributed by atoms with Gasteiger partial charge in [0.05, 0.1) is 39.4 Å². The van der Waals surface area contributed by atoms with E-state index in [-0.39, 0.29) is 54.0 Å². The van der Waals surface area contributed by atoms with Crippen LogP contribution in [0, 0.1) is 11.6 Å². The Morgan fingerprint density at radius 1 is 0.690 bits per heavy atom. The van der Waals surface area contributed by atoms with Gasteiger partial charge in [-0.05, 0) is 128 Å². The van der Waals surface area contributed by atoms with E-state index in [1.165, 1.54) is 24.3 Å². The third-order valence-corrected chi connectivity index (χ3v) is 10.3. The number of hydrogen-bond acceptors (Lipinski definition) is 6. The second-order valence-electron chi connectivity index (χ2n) is 12.8. The molecule has 0 saturated carbocycles. The molecule has 8 rings (SSSR count). The van der Waals surface area contributed by atoms with Crippen molar-refractivity contribution < 1.29 is 52.6 Å². The van der Waals surface area contributed by atoms with Gasteiger partial charge in [-0.2, -0.15) is 10.2 Å². The van der Waals surface area contributed by atoms with E-state index < -0.39 is 11.9 Å². The van der Waals surface area contributed by atoms with E-state index in [9.17, 15) is 23.5 Å². The van der Waals surface area contributed by atoms with Crippen molar-refractivity contribution in [1.29, 1.82) is 0 Å². The number of aromatic nitrogens is 4. The molecule has 0 aliphatic heterocycles. The molecule has 2 aliphatic carbocycles. The van der Waals surface area contributed by atoms with E-state index in [0.29, 0.717) is 62.0 Å². The van der Waals surface area contributed by atoms with E-state index in [1.807, 2.05) is 12.2 Å². The fourth-order valence-electron chi connectivity index (χ4n) is 6.78. The van der Waals surface area contributed by atoms with Crippen molar-refractivity contribution in [2.75, 3.05) is 6.61 Å². The van der Waals surface area contributed by atoms with Crippen LogP contribution in [0.25, 0.3) is 34.7 Å². The molecule has 58 heavy (non-hydrogen) atoms. The number of carboxylic acids is 1. The number of carboxylic acid groups (broad SMARTS) is 1. The first-order valence-corrected chi connectivity index (χ1v) is 18.9. The van der Waals surface area contributed by atoms with Crippen LogP contribution in [0.2, 0.25) is 20.1 Å². The number of aromatic carboxylic acids is 1. The SMILES string of the molecule is CCOC(=O)c1nn(-c2ccc(Cl)cc2Cl)c2c1CC/C2=C\c1ccc(F)cc1.O=C(O)c1nn(-c2ccc(Cl)cc2Cl)c2c1CC/C2=C\c1ccc(F)cc1.[Li+].[OH-]. The normalized spacial score (nSPS) is 13.9. The molecule has 0 bridgehead atoms. The van der Waals surface area contributed by atoms with Crippen molar-refractivity contribution in [3.63, 3.8) is 0 Å². The number of allylic oxidation sites excluding steroid dienone is 2. The van der Waals surface area contributed by atoms with E-state index in [2.05, 4.69) is 10.2 Å². The van der Waals surface area contributed by atoms with Gasteiger partial charge < -0.3 is 15.3 Å². The maximum atomic E-state index is 13.3. The minimum absolute atomic E-state index is 0. The number of rotatable bonds is 7. The van der Waals surface area contributed by atoms with Gasteiger partial charge in [-0.15, -0.1) is 0 Å². The van der Waals surface area contributed by atoms with Crippen molar-refractivity contribution >= 4 is 81.6 Å². The maximum absolute atomic E-state index is 13.3. The molecule has 16 heteroatoms. The molecule has 9 nitrogen and oxygen atoms in total. The summed E-state index contributed by atoms with van der Waals surface area (Å²) >= 11 is 24.8. The van der Waals surface area contributed by atoms with Crippen LogP contribution in [-0.2, 0) is 17.6 Å². The summed E-state index contributed by atoms with van der Waals surface area (Å²) in [5.41, 5.74) is 8.07. The molecule has 0 saturated heterocycles. The molecule has 4 aromatic carbocycles. The van der Waals surface area contributed by atoms with Gasteiger partial charge in [0.15, 0.2) is 11.4 Å². The first-order valence-electron chi connectivity index (χ1n) is 17.4. The third kappa shape index (κ3) is 9.27. The average molecular weight is 858 g/mol. The summed E-state index contributed by atoms with van der Waals surface area (Å²) in [6.45, 7) is 2.02. The Morgan fingerprint density at radius 2 is 1.10 bits per heavy atom.